The van der Waals surface area contributed by atoms with Crippen LogP contribution >= 0.6 is 11.3 Å². The van der Waals surface area contributed by atoms with Gasteiger partial charge in [0.15, 0.2) is 5.58 Å². The molecule has 0 aromatic carbocycles. The number of hydrogen-bond donors (Lipinski definition) is 0. The Hall–Kier alpha value is -1.61. The molecule has 0 fully saturated rings. The topological polar surface area (TPSA) is 26.0 Å². The van der Waals surface area contributed by atoms with Crippen molar-refractivity contribution in [2.45, 2.75) is 0 Å². The molecule has 0 aliphatic heterocycles. The van der Waals surface area contributed by atoms with Gasteiger partial charge in [-0.3, -0.25) is 4.98 Å². The Labute approximate surface area is 84.8 Å². The molecule has 14 heavy (non-hydrogen) atoms. The minimum absolute atomic E-state index is 0.843. The van der Waals surface area contributed by atoms with Gasteiger partial charge in [0, 0.05) is 12.3 Å². The SMILES string of the molecule is c1csc(-c2cc3ncccc3o2)c1. The molecule has 3 rings (SSSR count). The Balaban J connectivity index is 2.24. The summed E-state index contributed by atoms with van der Waals surface area (Å²) >= 11 is 1.67. The third-order valence-electron chi connectivity index (χ3n) is 2.05. The van der Waals surface area contributed by atoms with E-state index in [1.807, 2.05) is 35.7 Å². The number of rotatable bonds is 1. The molecule has 0 aliphatic rings. The van der Waals surface area contributed by atoms with Crippen LogP contribution in [0.4, 0.5) is 0 Å². The highest BCUT2D eigenvalue weighted by Crippen LogP contribution is 2.29. The van der Waals surface area contributed by atoms with Crippen LogP contribution in [-0.2, 0) is 0 Å². The maximum absolute atomic E-state index is 5.66. The lowest BCUT2D eigenvalue weighted by molar-refractivity contribution is 0.633. The smallest absolute Gasteiger partial charge is 0.153 e. The molecule has 2 nitrogen and oxygen atoms in total. The number of pyridine rings is 1. The molecule has 68 valence electrons. The van der Waals surface area contributed by atoms with Crippen LogP contribution in [0.1, 0.15) is 0 Å². The van der Waals surface area contributed by atoms with E-state index in [9.17, 15) is 0 Å². The van der Waals surface area contributed by atoms with E-state index in [0.717, 1.165) is 21.7 Å². The van der Waals surface area contributed by atoms with E-state index in [-0.39, 0.29) is 0 Å². The highest BCUT2D eigenvalue weighted by atomic mass is 32.1. The van der Waals surface area contributed by atoms with Crippen molar-refractivity contribution in [3.8, 4) is 10.6 Å². The largest absolute Gasteiger partial charge is 0.454 e. The molecule has 0 bridgehead atoms. The van der Waals surface area contributed by atoms with E-state index < -0.39 is 0 Å². The summed E-state index contributed by atoms with van der Waals surface area (Å²) in [6.07, 6.45) is 1.77. The molecule has 0 amide bonds. The van der Waals surface area contributed by atoms with Crippen LogP contribution in [-0.4, -0.2) is 4.98 Å². The van der Waals surface area contributed by atoms with Gasteiger partial charge in [-0.25, -0.2) is 0 Å². The Kier molecular flexibility index (Phi) is 1.64. The molecule has 3 heterocycles. The van der Waals surface area contributed by atoms with Crippen molar-refractivity contribution in [2.24, 2.45) is 0 Å². The zero-order valence-electron chi connectivity index (χ0n) is 7.31. The van der Waals surface area contributed by atoms with Gasteiger partial charge >= 0.3 is 0 Å². The summed E-state index contributed by atoms with van der Waals surface area (Å²) < 4.78 is 5.66. The molecule has 0 unspecified atom stereocenters. The first-order valence-corrected chi connectivity index (χ1v) is 5.20. The molecule has 3 aromatic heterocycles. The predicted octanol–water partition coefficient (Wildman–Crippen LogP) is 3.56. The molecular formula is C11H7NOS. The van der Waals surface area contributed by atoms with E-state index in [2.05, 4.69) is 4.98 Å². The molecule has 3 heteroatoms. The Bertz CT molecular complexity index is 520. The second-order valence-corrected chi connectivity index (χ2v) is 3.92. The average molecular weight is 201 g/mol. The van der Waals surface area contributed by atoms with Gasteiger partial charge in [0.25, 0.3) is 0 Å². The fourth-order valence-electron chi connectivity index (χ4n) is 1.41. The van der Waals surface area contributed by atoms with E-state index in [0.29, 0.717) is 0 Å². The number of fused-ring (bicyclic) bond motifs is 1. The van der Waals surface area contributed by atoms with Crippen molar-refractivity contribution in [3.63, 3.8) is 0 Å². The van der Waals surface area contributed by atoms with Crippen molar-refractivity contribution >= 4 is 22.4 Å². The van der Waals surface area contributed by atoms with Crippen LogP contribution in [0.5, 0.6) is 0 Å². The monoisotopic (exact) mass is 201 g/mol. The molecule has 0 radical (unpaired) electrons. The van der Waals surface area contributed by atoms with Gasteiger partial charge in [0.2, 0.25) is 0 Å². The highest BCUT2D eigenvalue weighted by Gasteiger charge is 2.06. The second-order valence-electron chi connectivity index (χ2n) is 2.97. The number of thiophene rings is 1. The Morgan fingerprint density at radius 3 is 3.00 bits per heavy atom. The van der Waals surface area contributed by atoms with Crippen LogP contribution < -0.4 is 0 Å². The lowest BCUT2D eigenvalue weighted by Crippen LogP contribution is -1.66. The molecule has 0 saturated heterocycles. The lowest BCUT2D eigenvalue weighted by atomic mass is 10.3. The molecule has 0 saturated carbocycles. The van der Waals surface area contributed by atoms with Crippen LogP contribution in [0.2, 0.25) is 0 Å². The summed E-state index contributed by atoms with van der Waals surface area (Å²) in [7, 11) is 0. The summed E-state index contributed by atoms with van der Waals surface area (Å²) in [6, 6.07) is 9.84. The van der Waals surface area contributed by atoms with Gasteiger partial charge in [-0.2, -0.15) is 0 Å². The van der Waals surface area contributed by atoms with Crippen molar-refractivity contribution in [3.05, 3.63) is 41.9 Å². The summed E-state index contributed by atoms with van der Waals surface area (Å²) in [4.78, 5) is 5.36. The van der Waals surface area contributed by atoms with Crippen molar-refractivity contribution < 1.29 is 4.42 Å². The Morgan fingerprint density at radius 1 is 1.21 bits per heavy atom. The summed E-state index contributed by atoms with van der Waals surface area (Å²) in [5.41, 5.74) is 1.76. The zero-order valence-corrected chi connectivity index (χ0v) is 8.12. The van der Waals surface area contributed by atoms with Gasteiger partial charge in [-0.15, -0.1) is 11.3 Å². The third kappa shape index (κ3) is 1.14. The number of hydrogen-bond acceptors (Lipinski definition) is 3. The quantitative estimate of drug-likeness (QED) is 0.601. The van der Waals surface area contributed by atoms with Gasteiger partial charge in [0.1, 0.15) is 11.3 Å². The number of nitrogens with zero attached hydrogens (tertiary/aromatic N) is 1. The highest BCUT2D eigenvalue weighted by molar-refractivity contribution is 7.13. The average Bonchev–Trinajstić information content (AvgIpc) is 2.86. The van der Waals surface area contributed by atoms with Crippen LogP contribution in [0.15, 0.2) is 46.3 Å². The van der Waals surface area contributed by atoms with Crippen molar-refractivity contribution in [1.82, 2.24) is 4.98 Å². The van der Waals surface area contributed by atoms with E-state index in [1.54, 1.807) is 17.5 Å². The lowest BCUT2D eigenvalue weighted by Gasteiger charge is -1.86. The van der Waals surface area contributed by atoms with Crippen LogP contribution in [0, 0.1) is 0 Å². The first-order chi connectivity index (χ1) is 6.93. The van der Waals surface area contributed by atoms with E-state index in [4.69, 9.17) is 4.42 Å². The van der Waals surface area contributed by atoms with E-state index >= 15 is 0 Å². The summed E-state index contributed by atoms with van der Waals surface area (Å²) in [6.45, 7) is 0. The molecule has 0 N–H and O–H groups in total. The zero-order chi connectivity index (χ0) is 9.38. The predicted molar refractivity (Wildman–Crippen MR) is 57.3 cm³/mol. The minimum atomic E-state index is 0.843. The summed E-state index contributed by atoms with van der Waals surface area (Å²) in [5, 5.41) is 2.04. The fraction of sp³-hybridized carbons (Fsp3) is 0. The fourth-order valence-corrected chi connectivity index (χ4v) is 2.09. The first kappa shape index (κ1) is 7.76. The first-order valence-electron chi connectivity index (χ1n) is 4.32. The van der Waals surface area contributed by atoms with Gasteiger partial charge in [0.05, 0.1) is 4.88 Å². The standard InChI is InChI=1S/C11H7NOS/c1-3-9-8(12-5-1)7-10(13-9)11-4-2-6-14-11/h1-7H. The summed E-state index contributed by atoms with van der Waals surface area (Å²) in [5.74, 6) is 0.897. The van der Waals surface area contributed by atoms with Gasteiger partial charge in [-0.1, -0.05) is 6.07 Å². The van der Waals surface area contributed by atoms with Crippen LogP contribution in [0.3, 0.4) is 0 Å². The molecular weight excluding hydrogens is 194 g/mol. The number of furan rings is 1. The third-order valence-corrected chi connectivity index (χ3v) is 2.94. The maximum atomic E-state index is 5.66. The van der Waals surface area contributed by atoms with E-state index in [1.165, 1.54) is 0 Å². The van der Waals surface area contributed by atoms with Gasteiger partial charge in [-0.05, 0) is 23.6 Å². The van der Waals surface area contributed by atoms with Crippen LogP contribution in [0.25, 0.3) is 21.7 Å². The minimum Gasteiger partial charge on any atom is -0.454 e. The second kappa shape index (κ2) is 2.96. The normalized spacial score (nSPS) is 10.9. The number of aromatic nitrogens is 1. The molecule has 3 aromatic rings. The maximum Gasteiger partial charge on any atom is 0.153 e. The molecule has 0 aliphatic carbocycles. The molecule has 0 atom stereocenters. The van der Waals surface area contributed by atoms with Crippen molar-refractivity contribution in [2.75, 3.05) is 0 Å². The van der Waals surface area contributed by atoms with Crippen molar-refractivity contribution in [1.29, 1.82) is 0 Å². The Morgan fingerprint density at radius 2 is 2.21 bits per heavy atom. The molecule has 0 spiro atoms. The van der Waals surface area contributed by atoms with Gasteiger partial charge < -0.3 is 4.42 Å².